The Labute approximate surface area is 105 Å². The second-order valence-electron chi connectivity index (χ2n) is 7.63. The molecule has 0 bridgehead atoms. The SMILES string of the molecule is CC(C)(C)C1CN(C(=O)C2CC2)CC12CCC2. The lowest BCUT2D eigenvalue weighted by Crippen LogP contribution is -2.42. The molecule has 0 aromatic heterocycles. The first-order chi connectivity index (χ1) is 7.92. The van der Waals surface area contributed by atoms with Gasteiger partial charge in [-0.1, -0.05) is 27.2 Å². The molecule has 1 amide bonds. The van der Waals surface area contributed by atoms with E-state index in [0.717, 1.165) is 25.9 Å². The minimum Gasteiger partial charge on any atom is -0.342 e. The van der Waals surface area contributed by atoms with Crippen LogP contribution in [0.15, 0.2) is 0 Å². The van der Waals surface area contributed by atoms with Crippen LogP contribution in [0.25, 0.3) is 0 Å². The van der Waals surface area contributed by atoms with Crippen molar-refractivity contribution in [1.82, 2.24) is 4.90 Å². The first-order valence-corrected chi connectivity index (χ1v) is 7.21. The average Bonchev–Trinajstić information content (AvgIpc) is 2.91. The van der Waals surface area contributed by atoms with Crippen LogP contribution in [0.4, 0.5) is 0 Å². The molecule has 1 heterocycles. The molecule has 17 heavy (non-hydrogen) atoms. The van der Waals surface area contributed by atoms with Gasteiger partial charge in [0.15, 0.2) is 0 Å². The van der Waals surface area contributed by atoms with Crippen LogP contribution < -0.4 is 0 Å². The van der Waals surface area contributed by atoms with Crippen molar-refractivity contribution in [2.75, 3.05) is 13.1 Å². The Morgan fingerprint density at radius 3 is 2.24 bits per heavy atom. The van der Waals surface area contributed by atoms with E-state index in [1.807, 2.05) is 0 Å². The summed E-state index contributed by atoms with van der Waals surface area (Å²) in [6.07, 6.45) is 6.36. The van der Waals surface area contributed by atoms with E-state index >= 15 is 0 Å². The zero-order valence-electron chi connectivity index (χ0n) is 11.5. The van der Waals surface area contributed by atoms with Crippen LogP contribution in [0, 0.1) is 22.7 Å². The van der Waals surface area contributed by atoms with E-state index in [-0.39, 0.29) is 0 Å². The highest BCUT2D eigenvalue weighted by atomic mass is 16.2. The maximum Gasteiger partial charge on any atom is 0.225 e. The first-order valence-electron chi connectivity index (χ1n) is 7.21. The third-order valence-electron chi connectivity index (χ3n) is 5.28. The molecular weight excluding hydrogens is 210 g/mol. The van der Waals surface area contributed by atoms with Gasteiger partial charge in [0.25, 0.3) is 0 Å². The summed E-state index contributed by atoms with van der Waals surface area (Å²) in [6.45, 7) is 9.14. The monoisotopic (exact) mass is 235 g/mol. The lowest BCUT2D eigenvalue weighted by Gasteiger charge is -2.47. The second kappa shape index (κ2) is 3.49. The predicted octanol–water partition coefficient (Wildman–Crippen LogP) is 3.07. The molecule has 0 N–H and O–H groups in total. The smallest absolute Gasteiger partial charge is 0.225 e. The van der Waals surface area contributed by atoms with Gasteiger partial charge in [0.05, 0.1) is 0 Å². The van der Waals surface area contributed by atoms with Gasteiger partial charge in [0, 0.05) is 19.0 Å². The minimum absolute atomic E-state index is 0.346. The zero-order chi connectivity index (χ0) is 12.3. The first kappa shape index (κ1) is 11.6. The molecular formula is C15H25NO. The molecule has 0 radical (unpaired) electrons. The molecule has 96 valence electrons. The quantitative estimate of drug-likeness (QED) is 0.684. The van der Waals surface area contributed by atoms with E-state index in [9.17, 15) is 4.79 Å². The van der Waals surface area contributed by atoms with Gasteiger partial charge in [-0.05, 0) is 42.4 Å². The lowest BCUT2D eigenvalue weighted by atomic mass is 9.56. The highest BCUT2D eigenvalue weighted by molar-refractivity contribution is 5.81. The van der Waals surface area contributed by atoms with Gasteiger partial charge < -0.3 is 4.90 Å². The Kier molecular flexibility index (Phi) is 2.37. The standard InChI is InChI=1S/C15H25NO/c1-14(2,3)12-9-16(13(17)11-5-6-11)10-15(12)7-4-8-15/h11-12H,4-10H2,1-3H3. The fourth-order valence-electron chi connectivity index (χ4n) is 4.06. The molecule has 1 aliphatic heterocycles. The second-order valence-corrected chi connectivity index (χ2v) is 7.63. The van der Waals surface area contributed by atoms with Crippen molar-refractivity contribution < 1.29 is 4.79 Å². The van der Waals surface area contributed by atoms with Crippen LogP contribution in [0.5, 0.6) is 0 Å². The topological polar surface area (TPSA) is 20.3 Å². The Hall–Kier alpha value is -0.530. The van der Waals surface area contributed by atoms with E-state index in [4.69, 9.17) is 0 Å². The molecule has 1 spiro atoms. The molecule has 1 saturated heterocycles. The molecule has 2 heteroatoms. The van der Waals surface area contributed by atoms with Crippen LogP contribution in [0.3, 0.4) is 0 Å². The molecule has 2 saturated carbocycles. The fourth-order valence-corrected chi connectivity index (χ4v) is 4.06. The highest BCUT2D eigenvalue weighted by Gasteiger charge is 2.55. The van der Waals surface area contributed by atoms with Gasteiger partial charge in [-0.25, -0.2) is 0 Å². The summed E-state index contributed by atoms with van der Waals surface area (Å²) in [7, 11) is 0. The number of hydrogen-bond donors (Lipinski definition) is 0. The lowest BCUT2D eigenvalue weighted by molar-refractivity contribution is -0.132. The summed E-state index contributed by atoms with van der Waals surface area (Å²) in [4.78, 5) is 14.4. The van der Waals surface area contributed by atoms with Crippen LogP contribution in [-0.2, 0) is 4.79 Å². The van der Waals surface area contributed by atoms with Gasteiger partial charge in [-0.2, -0.15) is 0 Å². The predicted molar refractivity (Wildman–Crippen MR) is 68.5 cm³/mol. The van der Waals surface area contributed by atoms with Crippen molar-refractivity contribution in [2.45, 2.75) is 52.9 Å². The van der Waals surface area contributed by atoms with Crippen LogP contribution in [0.2, 0.25) is 0 Å². The number of likely N-dealkylation sites (tertiary alicyclic amines) is 1. The van der Waals surface area contributed by atoms with Gasteiger partial charge in [-0.3, -0.25) is 4.79 Å². The highest BCUT2D eigenvalue weighted by Crippen LogP contribution is 2.57. The molecule has 0 aromatic carbocycles. The number of hydrogen-bond acceptors (Lipinski definition) is 1. The molecule has 2 nitrogen and oxygen atoms in total. The van der Waals surface area contributed by atoms with E-state index in [1.165, 1.54) is 19.3 Å². The Morgan fingerprint density at radius 1 is 1.24 bits per heavy atom. The van der Waals surface area contributed by atoms with Crippen LogP contribution in [-0.4, -0.2) is 23.9 Å². The summed E-state index contributed by atoms with van der Waals surface area (Å²) >= 11 is 0. The van der Waals surface area contributed by atoms with Gasteiger partial charge >= 0.3 is 0 Å². The third kappa shape index (κ3) is 1.80. The molecule has 3 aliphatic rings. The number of nitrogens with zero attached hydrogens (tertiary/aromatic N) is 1. The number of rotatable bonds is 1. The number of amides is 1. The maximum absolute atomic E-state index is 12.2. The average molecular weight is 235 g/mol. The van der Waals surface area contributed by atoms with E-state index in [1.54, 1.807) is 0 Å². The van der Waals surface area contributed by atoms with Crippen molar-refractivity contribution in [1.29, 1.82) is 0 Å². The Morgan fingerprint density at radius 2 is 1.88 bits per heavy atom. The number of carbonyl (C=O) groups is 1. The summed E-state index contributed by atoms with van der Waals surface area (Å²) in [6, 6.07) is 0. The fraction of sp³-hybridized carbons (Fsp3) is 0.933. The molecule has 3 fully saturated rings. The van der Waals surface area contributed by atoms with Crippen LogP contribution >= 0.6 is 0 Å². The maximum atomic E-state index is 12.2. The summed E-state index contributed by atoms with van der Waals surface area (Å²) in [5, 5.41) is 0. The van der Waals surface area contributed by atoms with Crippen molar-refractivity contribution in [3.8, 4) is 0 Å². The van der Waals surface area contributed by atoms with Crippen molar-refractivity contribution in [3.05, 3.63) is 0 Å². The summed E-state index contributed by atoms with van der Waals surface area (Å²) in [5.74, 6) is 1.57. The molecule has 0 aromatic rings. The summed E-state index contributed by atoms with van der Waals surface area (Å²) < 4.78 is 0. The van der Waals surface area contributed by atoms with E-state index < -0.39 is 0 Å². The third-order valence-corrected chi connectivity index (χ3v) is 5.28. The Balaban J connectivity index is 1.78. The van der Waals surface area contributed by atoms with E-state index in [0.29, 0.717) is 28.6 Å². The molecule has 2 aliphatic carbocycles. The molecule has 1 unspecified atom stereocenters. The number of carbonyl (C=O) groups excluding carboxylic acids is 1. The zero-order valence-corrected chi connectivity index (χ0v) is 11.5. The van der Waals surface area contributed by atoms with Crippen LogP contribution in [0.1, 0.15) is 52.9 Å². The largest absolute Gasteiger partial charge is 0.342 e. The normalized spacial score (nSPS) is 31.7. The summed E-state index contributed by atoms with van der Waals surface area (Å²) in [5.41, 5.74) is 0.835. The van der Waals surface area contributed by atoms with Gasteiger partial charge in [-0.15, -0.1) is 0 Å². The molecule has 3 rings (SSSR count). The van der Waals surface area contributed by atoms with Crippen molar-refractivity contribution >= 4 is 5.91 Å². The minimum atomic E-state index is 0.346. The van der Waals surface area contributed by atoms with Crippen molar-refractivity contribution in [2.24, 2.45) is 22.7 Å². The van der Waals surface area contributed by atoms with E-state index in [2.05, 4.69) is 25.7 Å². The van der Waals surface area contributed by atoms with Gasteiger partial charge in [0.2, 0.25) is 5.91 Å². The van der Waals surface area contributed by atoms with Gasteiger partial charge in [0.1, 0.15) is 0 Å². The van der Waals surface area contributed by atoms with Crippen molar-refractivity contribution in [3.63, 3.8) is 0 Å². The Bertz CT molecular complexity index is 333. The molecule has 1 atom stereocenters.